The molecule has 0 aliphatic heterocycles. The summed E-state index contributed by atoms with van der Waals surface area (Å²) < 4.78 is 5.42. The van der Waals surface area contributed by atoms with Gasteiger partial charge in [-0.15, -0.1) is 10.2 Å². The van der Waals surface area contributed by atoms with Crippen molar-refractivity contribution in [3.05, 3.63) is 75.2 Å². The molecule has 2 N–H and O–H groups in total. The van der Waals surface area contributed by atoms with Crippen LogP contribution in [0.15, 0.2) is 54.6 Å². The van der Waals surface area contributed by atoms with E-state index >= 15 is 0 Å². The van der Waals surface area contributed by atoms with E-state index in [-0.39, 0.29) is 36.1 Å². The van der Waals surface area contributed by atoms with Crippen LogP contribution in [0.2, 0.25) is 5.02 Å². The van der Waals surface area contributed by atoms with Crippen LogP contribution < -0.4 is 10.6 Å². The van der Waals surface area contributed by atoms with Crippen molar-refractivity contribution in [3.63, 3.8) is 0 Å². The minimum absolute atomic E-state index is 0.0413. The number of aromatic nitrogens is 2. The Morgan fingerprint density at radius 3 is 2.71 bits per heavy atom. The average Bonchev–Trinajstić information content (AvgIpc) is 3.22. The van der Waals surface area contributed by atoms with E-state index in [4.69, 9.17) is 16.3 Å². The Labute approximate surface area is 189 Å². The number of carbonyl (C=O) groups excluding carboxylic acids is 2. The second-order valence-corrected chi connectivity index (χ2v) is 8.45. The molecule has 0 radical (unpaired) electrons. The first kappa shape index (κ1) is 22.9. The molecule has 1 aromatic heterocycles. The Morgan fingerprint density at radius 2 is 1.94 bits per heavy atom. The lowest BCUT2D eigenvalue weighted by molar-refractivity contribution is -0.126. The van der Waals surface area contributed by atoms with E-state index in [0.29, 0.717) is 15.7 Å². The minimum atomic E-state index is -0.379. The van der Waals surface area contributed by atoms with E-state index in [1.165, 1.54) is 5.56 Å². The second-order valence-electron chi connectivity index (χ2n) is 6.95. The molecule has 9 heteroatoms. The maximum atomic E-state index is 12.3. The highest BCUT2D eigenvalue weighted by Gasteiger charge is 2.14. The predicted octanol–water partition coefficient (Wildman–Crippen LogP) is 4.10. The van der Waals surface area contributed by atoms with Crippen LogP contribution in [0, 0.1) is 0 Å². The van der Waals surface area contributed by atoms with Gasteiger partial charge in [-0.05, 0) is 43.5 Å². The molecule has 3 rings (SSSR count). The number of ether oxygens (including phenoxy) is 1. The molecule has 0 spiro atoms. The Hall–Kier alpha value is -2.81. The SMILES string of the molecule is C[C@H](CCc1ccccc1)NC(=O)COCc1nnc(C(=O)Nc2cccc(Cl)c2)s1. The largest absolute Gasteiger partial charge is 0.364 e. The number of anilines is 1. The van der Waals surface area contributed by atoms with Gasteiger partial charge in [0.2, 0.25) is 10.9 Å². The summed E-state index contributed by atoms with van der Waals surface area (Å²) in [7, 11) is 0. The van der Waals surface area contributed by atoms with E-state index in [1.54, 1.807) is 24.3 Å². The lowest BCUT2D eigenvalue weighted by Crippen LogP contribution is -2.35. The zero-order chi connectivity index (χ0) is 22.1. The Bertz CT molecular complexity index is 1010. The molecule has 0 bridgehead atoms. The van der Waals surface area contributed by atoms with Gasteiger partial charge < -0.3 is 15.4 Å². The molecule has 162 valence electrons. The van der Waals surface area contributed by atoms with Crippen LogP contribution in [-0.2, 0) is 22.6 Å². The summed E-state index contributed by atoms with van der Waals surface area (Å²) in [5.41, 5.74) is 1.81. The standard InChI is InChI=1S/C22H23ClN4O3S/c1-15(10-11-16-6-3-2-4-7-16)24-19(28)13-30-14-20-26-27-22(31-20)21(29)25-18-9-5-8-17(23)12-18/h2-9,12,15H,10-11,13-14H2,1H3,(H,24,28)(H,25,29)/t15-/m1/s1. The molecule has 0 aliphatic carbocycles. The number of carbonyl (C=O) groups is 2. The maximum Gasteiger partial charge on any atom is 0.286 e. The number of aryl methyl sites for hydroxylation is 1. The molecule has 0 fully saturated rings. The van der Waals surface area contributed by atoms with Gasteiger partial charge in [0.15, 0.2) is 0 Å². The summed E-state index contributed by atoms with van der Waals surface area (Å²) in [5.74, 6) is -0.569. The number of hydrogen-bond donors (Lipinski definition) is 2. The van der Waals surface area contributed by atoms with E-state index in [9.17, 15) is 9.59 Å². The molecule has 0 saturated heterocycles. The van der Waals surface area contributed by atoms with Crippen molar-refractivity contribution < 1.29 is 14.3 Å². The van der Waals surface area contributed by atoms with Crippen molar-refractivity contribution >= 4 is 40.4 Å². The van der Waals surface area contributed by atoms with Gasteiger partial charge in [-0.3, -0.25) is 9.59 Å². The Kier molecular flexibility index (Phi) is 8.52. The molecule has 2 amide bonds. The van der Waals surface area contributed by atoms with E-state index < -0.39 is 0 Å². The molecule has 7 nitrogen and oxygen atoms in total. The summed E-state index contributed by atoms with van der Waals surface area (Å²) in [6, 6.07) is 17.0. The third kappa shape index (κ3) is 7.75. The molecular formula is C22H23ClN4O3S. The number of hydrogen-bond acceptors (Lipinski definition) is 6. The summed E-state index contributed by atoms with van der Waals surface area (Å²) in [4.78, 5) is 24.3. The number of halogens is 1. The first-order valence-corrected chi connectivity index (χ1v) is 11.0. The van der Waals surface area contributed by atoms with Gasteiger partial charge in [0.25, 0.3) is 5.91 Å². The van der Waals surface area contributed by atoms with Crippen LogP contribution in [0.25, 0.3) is 0 Å². The summed E-state index contributed by atoms with van der Waals surface area (Å²) in [5, 5.41) is 14.7. The van der Waals surface area contributed by atoms with E-state index in [0.717, 1.165) is 24.2 Å². The van der Waals surface area contributed by atoms with Crippen LogP contribution in [0.3, 0.4) is 0 Å². The number of nitrogens with one attached hydrogen (secondary N) is 2. The fourth-order valence-corrected chi connectivity index (χ4v) is 3.66. The summed E-state index contributed by atoms with van der Waals surface area (Å²) in [6.45, 7) is 1.99. The van der Waals surface area contributed by atoms with Crippen LogP contribution in [0.4, 0.5) is 5.69 Å². The molecule has 0 unspecified atom stereocenters. The summed E-state index contributed by atoms with van der Waals surface area (Å²) in [6.07, 6.45) is 1.74. The van der Waals surface area contributed by atoms with Crippen molar-refractivity contribution in [3.8, 4) is 0 Å². The highest BCUT2D eigenvalue weighted by atomic mass is 35.5. The normalized spacial score (nSPS) is 11.7. The quantitative estimate of drug-likeness (QED) is 0.477. The maximum absolute atomic E-state index is 12.3. The van der Waals surface area contributed by atoms with Crippen molar-refractivity contribution in [2.45, 2.75) is 32.4 Å². The zero-order valence-electron chi connectivity index (χ0n) is 17.0. The molecule has 1 atom stereocenters. The van der Waals surface area contributed by atoms with Crippen molar-refractivity contribution in [1.29, 1.82) is 0 Å². The van der Waals surface area contributed by atoms with Gasteiger partial charge in [-0.2, -0.15) is 0 Å². The third-order valence-corrected chi connectivity index (χ3v) is 5.45. The van der Waals surface area contributed by atoms with Gasteiger partial charge in [0, 0.05) is 16.8 Å². The molecule has 3 aromatic rings. The summed E-state index contributed by atoms with van der Waals surface area (Å²) >= 11 is 7.02. The first-order valence-electron chi connectivity index (χ1n) is 9.80. The number of rotatable bonds is 10. The highest BCUT2D eigenvalue weighted by molar-refractivity contribution is 7.13. The predicted molar refractivity (Wildman–Crippen MR) is 121 cm³/mol. The second kappa shape index (κ2) is 11.5. The lowest BCUT2D eigenvalue weighted by atomic mass is 10.1. The monoisotopic (exact) mass is 458 g/mol. The van der Waals surface area contributed by atoms with Gasteiger partial charge in [0.05, 0.1) is 0 Å². The van der Waals surface area contributed by atoms with E-state index in [1.807, 2.05) is 25.1 Å². The molecule has 0 aliphatic rings. The molecule has 2 aromatic carbocycles. The molecule has 0 saturated carbocycles. The molecular weight excluding hydrogens is 436 g/mol. The van der Waals surface area contributed by atoms with Crippen molar-refractivity contribution in [2.24, 2.45) is 0 Å². The third-order valence-electron chi connectivity index (χ3n) is 4.32. The highest BCUT2D eigenvalue weighted by Crippen LogP contribution is 2.17. The van der Waals surface area contributed by atoms with Crippen LogP contribution in [0.5, 0.6) is 0 Å². The fraction of sp³-hybridized carbons (Fsp3) is 0.273. The van der Waals surface area contributed by atoms with Crippen LogP contribution >= 0.6 is 22.9 Å². The number of amides is 2. The molecule has 31 heavy (non-hydrogen) atoms. The van der Waals surface area contributed by atoms with E-state index in [2.05, 4.69) is 33.0 Å². The minimum Gasteiger partial charge on any atom is -0.364 e. The molecule has 1 heterocycles. The first-order chi connectivity index (χ1) is 15.0. The lowest BCUT2D eigenvalue weighted by Gasteiger charge is -2.13. The Morgan fingerprint density at radius 1 is 1.13 bits per heavy atom. The van der Waals surface area contributed by atoms with Crippen molar-refractivity contribution in [2.75, 3.05) is 11.9 Å². The van der Waals surface area contributed by atoms with Gasteiger partial charge in [-0.1, -0.05) is 59.3 Å². The van der Waals surface area contributed by atoms with Crippen molar-refractivity contribution in [1.82, 2.24) is 15.5 Å². The number of nitrogens with zero attached hydrogens (tertiary/aromatic N) is 2. The van der Waals surface area contributed by atoms with Gasteiger partial charge >= 0.3 is 0 Å². The number of benzene rings is 2. The topological polar surface area (TPSA) is 93.2 Å². The van der Waals surface area contributed by atoms with Crippen LogP contribution in [-0.4, -0.2) is 34.7 Å². The zero-order valence-corrected chi connectivity index (χ0v) is 18.6. The van der Waals surface area contributed by atoms with Gasteiger partial charge in [0.1, 0.15) is 18.2 Å². The smallest absolute Gasteiger partial charge is 0.286 e. The van der Waals surface area contributed by atoms with Gasteiger partial charge in [-0.25, -0.2) is 0 Å². The Balaban J connectivity index is 1.37. The fourth-order valence-electron chi connectivity index (χ4n) is 2.80. The van der Waals surface area contributed by atoms with Crippen LogP contribution in [0.1, 0.15) is 33.7 Å². The average molecular weight is 459 g/mol.